The lowest BCUT2D eigenvalue weighted by molar-refractivity contribution is 0.457. The number of rotatable bonds is 3. The van der Waals surface area contributed by atoms with E-state index in [-0.39, 0.29) is 11.4 Å². The molecule has 0 saturated heterocycles. The number of anilines is 1. The minimum absolute atomic E-state index is 0.0720. The second-order valence-corrected chi connectivity index (χ2v) is 5.75. The summed E-state index contributed by atoms with van der Waals surface area (Å²) < 4.78 is 18.8. The molecule has 0 unspecified atom stereocenters. The molecule has 4 heteroatoms. The molecule has 1 N–H and O–H groups in total. The van der Waals surface area contributed by atoms with Gasteiger partial charge >= 0.3 is 0 Å². The van der Waals surface area contributed by atoms with Crippen LogP contribution in [0.15, 0.2) is 36.4 Å². The van der Waals surface area contributed by atoms with Crippen molar-refractivity contribution in [3.05, 3.63) is 47.8 Å². The predicted molar refractivity (Wildman–Crippen MR) is 78.8 cm³/mol. The second-order valence-electron chi connectivity index (χ2n) is 5.75. The fourth-order valence-electron chi connectivity index (χ4n) is 1.77. The highest BCUT2D eigenvalue weighted by Crippen LogP contribution is 2.25. The van der Waals surface area contributed by atoms with Gasteiger partial charge in [0.25, 0.3) is 0 Å². The van der Waals surface area contributed by atoms with E-state index >= 15 is 0 Å². The van der Waals surface area contributed by atoms with Crippen molar-refractivity contribution in [1.29, 1.82) is 0 Å². The lowest BCUT2D eigenvalue weighted by Crippen LogP contribution is -2.26. The molecule has 20 heavy (non-hydrogen) atoms. The molecule has 0 radical (unpaired) electrons. The maximum atomic E-state index is 13.1. The van der Waals surface area contributed by atoms with Crippen molar-refractivity contribution in [1.82, 2.24) is 4.98 Å². The van der Waals surface area contributed by atoms with Crippen molar-refractivity contribution >= 4 is 5.82 Å². The van der Waals surface area contributed by atoms with Crippen molar-refractivity contribution in [2.75, 3.05) is 5.32 Å². The number of hydrogen-bond acceptors (Lipinski definition) is 3. The number of nitrogens with zero attached hydrogens (tertiary/aromatic N) is 1. The summed E-state index contributed by atoms with van der Waals surface area (Å²) in [7, 11) is 0. The third kappa shape index (κ3) is 3.95. The molecule has 2 rings (SSSR count). The van der Waals surface area contributed by atoms with Gasteiger partial charge in [0, 0.05) is 11.6 Å². The molecule has 0 spiro atoms. The van der Waals surface area contributed by atoms with E-state index in [4.69, 9.17) is 4.74 Å². The van der Waals surface area contributed by atoms with Crippen molar-refractivity contribution in [2.24, 2.45) is 0 Å². The highest BCUT2D eigenvalue weighted by atomic mass is 19.1. The number of aromatic nitrogens is 1. The number of halogens is 1. The minimum atomic E-state index is -0.272. The Labute approximate surface area is 118 Å². The van der Waals surface area contributed by atoms with Gasteiger partial charge in [-0.05, 0) is 57.5 Å². The van der Waals surface area contributed by atoms with Crippen molar-refractivity contribution < 1.29 is 9.13 Å². The topological polar surface area (TPSA) is 34.1 Å². The van der Waals surface area contributed by atoms with Crippen molar-refractivity contribution in [3.8, 4) is 11.6 Å². The first-order chi connectivity index (χ1) is 9.33. The van der Waals surface area contributed by atoms with Crippen LogP contribution in [0.25, 0.3) is 0 Å². The largest absolute Gasteiger partial charge is 0.439 e. The first-order valence-electron chi connectivity index (χ1n) is 6.53. The maximum Gasteiger partial charge on any atom is 0.221 e. The Balaban J connectivity index is 2.19. The van der Waals surface area contributed by atoms with Crippen LogP contribution in [0, 0.1) is 12.7 Å². The molecule has 0 amide bonds. The van der Waals surface area contributed by atoms with Crippen LogP contribution in [0.5, 0.6) is 11.6 Å². The van der Waals surface area contributed by atoms with Gasteiger partial charge in [-0.1, -0.05) is 6.07 Å². The SMILES string of the molecule is Cc1cc(F)ccc1Oc1cccc(NC(C)(C)C)n1. The zero-order chi connectivity index (χ0) is 14.8. The predicted octanol–water partition coefficient (Wildman–Crippen LogP) is 4.53. The molecule has 0 saturated carbocycles. The second kappa shape index (κ2) is 5.49. The Morgan fingerprint density at radius 1 is 1.15 bits per heavy atom. The third-order valence-corrected chi connectivity index (χ3v) is 2.58. The molecule has 0 bridgehead atoms. The molecular formula is C16H19FN2O. The highest BCUT2D eigenvalue weighted by molar-refractivity contribution is 5.41. The molecule has 0 atom stereocenters. The summed E-state index contributed by atoms with van der Waals surface area (Å²) in [6.45, 7) is 7.99. The van der Waals surface area contributed by atoms with E-state index in [0.717, 1.165) is 11.4 Å². The monoisotopic (exact) mass is 274 g/mol. The minimum Gasteiger partial charge on any atom is -0.439 e. The fraction of sp³-hybridized carbons (Fsp3) is 0.312. The van der Waals surface area contributed by atoms with E-state index < -0.39 is 0 Å². The lowest BCUT2D eigenvalue weighted by atomic mass is 10.1. The molecule has 0 fully saturated rings. The molecular weight excluding hydrogens is 255 g/mol. The number of benzene rings is 1. The summed E-state index contributed by atoms with van der Waals surface area (Å²) in [5.74, 6) is 1.56. The summed E-state index contributed by atoms with van der Waals surface area (Å²) >= 11 is 0. The van der Waals surface area contributed by atoms with Crippen LogP contribution in [0.1, 0.15) is 26.3 Å². The molecule has 0 aliphatic carbocycles. The molecule has 1 aromatic heterocycles. The maximum absolute atomic E-state index is 13.1. The summed E-state index contributed by atoms with van der Waals surface area (Å²) in [5, 5.41) is 3.28. The molecule has 0 aliphatic heterocycles. The Morgan fingerprint density at radius 3 is 2.55 bits per heavy atom. The van der Waals surface area contributed by atoms with Gasteiger partial charge < -0.3 is 10.1 Å². The van der Waals surface area contributed by atoms with E-state index in [1.54, 1.807) is 19.1 Å². The van der Waals surface area contributed by atoms with Crippen LogP contribution >= 0.6 is 0 Å². The number of pyridine rings is 1. The van der Waals surface area contributed by atoms with Gasteiger partial charge in [-0.3, -0.25) is 0 Å². The van der Waals surface area contributed by atoms with E-state index in [0.29, 0.717) is 11.6 Å². The van der Waals surface area contributed by atoms with E-state index in [1.165, 1.54) is 12.1 Å². The van der Waals surface area contributed by atoms with Gasteiger partial charge in [-0.15, -0.1) is 0 Å². The number of nitrogens with one attached hydrogen (secondary N) is 1. The van der Waals surface area contributed by atoms with E-state index in [2.05, 4.69) is 31.1 Å². The van der Waals surface area contributed by atoms with Crippen molar-refractivity contribution in [3.63, 3.8) is 0 Å². The zero-order valence-corrected chi connectivity index (χ0v) is 12.2. The Hall–Kier alpha value is -2.10. The van der Waals surface area contributed by atoms with Gasteiger partial charge in [-0.2, -0.15) is 4.98 Å². The molecule has 2 aromatic rings. The highest BCUT2D eigenvalue weighted by Gasteiger charge is 2.11. The van der Waals surface area contributed by atoms with Crippen LogP contribution < -0.4 is 10.1 Å². The van der Waals surface area contributed by atoms with Crippen molar-refractivity contribution in [2.45, 2.75) is 33.2 Å². The zero-order valence-electron chi connectivity index (χ0n) is 12.2. The van der Waals surface area contributed by atoms with Crippen LogP contribution in [-0.4, -0.2) is 10.5 Å². The Kier molecular flexibility index (Phi) is 3.93. The summed E-state index contributed by atoms with van der Waals surface area (Å²) in [6, 6.07) is 9.95. The van der Waals surface area contributed by atoms with Gasteiger partial charge in [0.1, 0.15) is 17.4 Å². The van der Waals surface area contributed by atoms with Gasteiger partial charge in [0.15, 0.2) is 0 Å². The summed E-state index contributed by atoms with van der Waals surface area (Å²) in [5.41, 5.74) is 0.665. The van der Waals surface area contributed by atoms with Crippen LogP contribution in [0.2, 0.25) is 0 Å². The fourth-order valence-corrected chi connectivity index (χ4v) is 1.77. The Bertz CT molecular complexity index is 606. The van der Waals surface area contributed by atoms with Gasteiger partial charge in [0.05, 0.1) is 0 Å². The standard InChI is InChI=1S/C16H19FN2O/c1-11-10-12(17)8-9-13(11)20-15-7-5-6-14(18-15)19-16(2,3)4/h5-10H,1-4H3,(H,18,19). The number of hydrogen-bond donors (Lipinski definition) is 1. The first kappa shape index (κ1) is 14.3. The normalized spacial score (nSPS) is 11.2. The quantitative estimate of drug-likeness (QED) is 0.892. The number of ether oxygens (including phenoxy) is 1. The summed E-state index contributed by atoms with van der Waals surface area (Å²) in [4.78, 5) is 4.39. The molecule has 106 valence electrons. The number of aryl methyl sites for hydroxylation is 1. The van der Waals surface area contributed by atoms with Crippen LogP contribution in [0.4, 0.5) is 10.2 Å². The van der Waals surface area contributed by atoms with Crippen LogP contribution in [0.3, 0.4) is 0 Å². The van der Waals surface area contributed by atoms with Crippen LogP contribution in [-0.2, 0) is 0 Å². The van der Waals surface area contributed by atoms with E-state index in [9.17, 15) is 4.39 Å². The van der Waals surface area contributed by atoms with Gasteiger partial charge in [-0.25, -0.2) is 4.39 Å². The van der Waals surface area contributed by atoms with Gasteiger partial charge in [0.2, 0.25) is 5.88 Å². The lowest BCUT2D eigenvalue weighted by Gasteiger charge is -2.21. The molecule has 3 nitrogen and oxygen atoms in total. The van der Waals surface area contributed by atoms with E-state index in [1.807, 2.05) is 12.1 Å². The third-order valence-electron chi connectivity index (χ3n) is 2.58. The average Bonchev–Trinajstić information content (AvgIpc) is 2.31. The average molecular weight is 274 g/mol. The molecule has 1 heterocycles. The summed E-state index contributed by atoms with van der Waals surface area (Å²) in [6.07, 6.45) is 0. The first-order valence-corrected chi connectivity index (χ1v) is 6.53. The molecule has 0 aliphatic rings. The molecule has 1 aromatic carbocycles. The Morgan fingerprint density at radius 2 is 1.90 bits per heavy atom. The smallest absolute Gasteiger partial charge is 0.221 e.